The lowest BCUT2D eigenvalue weighted by Gasteiger charge is -2.18. The molecule has 2 heteroatoms. The van der Waals surface area contributed by atoms with Crippen LogP contribution in [0.5, 0.6) is 0 Å². The van der Waals surface area contributed by atoms with Gasteiger partial charge in [-0.05, 0) is 55.9 Å². The third kappa shape index (κ3) is 4.03. The number of hydrogen-bond acceptors (Lipinski definition) is 1. The van der Waals surface area contributed by atoms with Gasteiger partial charge in [0, 0.05) is 17.2 Å². The second-order valence-electron chi connectivity index (χ2n) is 8.54. The molecule has 0 saturated heterocycles. The zero-order valence-electron chi connectivity index (χ0n) is 16.1. The molecule has 0 amide bonds. The number of aromatic nitrogens is 1. The van der Waals surface area contributed by atoms with Crippen LogP contribution in [0.15, 0.2) is 36.5 Å². The highest BCUT2D eigenvalue weighted by Gasteiger charge is 2.22. The quantitative estimate of drug-likeness (QED) is 0.741. The van der Waals surface area contributed by atoms with E-state index in [4.69, 9.17) is 0 Å². The van der Waals surface area contributed by atoms with Gasteiger partial charge < -0.3 is 0 Å². The number of aryl methyl sites for hydroxylation is 2. The molecule has 0 N–H and O–H groups in total. The Hall–Kier alpha value is -2.14. The molecular weight excluding hydrogens is 292 g/mol. The molecule has 24 heavy (non-hydrogen) atoms. The van der Waals surface area contributed by atoms with Gasteiger partial charge in [-0.3, -0.25) is 0 Å². The average molecular weight is 321 g/mol. The Morgan fingerprint density at radius 1 is 1.04 bits per heavy atom. The van der Waals surface area contributed by atoms with E-state index in [1.807, 2.05) is 13.8 Å². The summed E-state index contributed by atoms with van der Waals surface area (Å²) in [5.74, 6) is 0. The highest BCUT2D eigenvalue weighted by Crippen LogP contribution is 2.28. The summed E-state index contributed by atoms with van der Waals surface area (Å²) in [7, 11) is 2.11. The van der Waals surface area contributed by atoms with Crippen LogP contribution in [-0.2, 0) is 18.9 Å². The van der Waals surface area contributed by atoms with Crippen molar-refractivity contribution >= 4 is 0 Å². The van der Waals surface area contributed by atoms with Crippen molar-refractivity contribution in [2.75, 3.05) is 0 Å². The van der Waals surface area contributed by atoms with Crippen LogP contribution in [0.3, 0.4) is 0 Å². The van der Waals surface area contributed by atoms with Crippen LogP contribution < -0.4 is 4.57 Å². The Bertz CT molecular complexity index is 787. The minimum Gasteiger partial charge on any atom is -0.201 e. The molecule has 0 saturated carbocycles. The molecule has 1 aromatic heterocycles. The molecule has 0 aliphatic heterocycles. The topological polar surface area (TPSA) is 27.7 Å². The molecule has 2 aromatic rings. The van der Waals surface area contributed by atoms with Crippen molar-refractivity contribution in [2.45, 2.75) is 53.4 Å². The van der Waals surface area contributed by atoms with Crippen LogP contribution in [0.1, 0.15) is 51.3 Å². The second kappa shape index (κ2) is 6.40. The first-order valence-electron chi connectivity index (χ1n) is 8.55. The van der Waals surface area contributed by atoms with Crippen molar-refractivity contribution in [3.05, 3.63) is 53.2 Å². The molecule has 0 radical (unpaired) electrons. The van der Waals surface area contributed by atoms with Gasteiger partial charge in [0.2, 0.25) is 5.69 Å². The molecule has 126 valence electrons. The standard InChI is InChI=1S/C22H29N2/c1-16-12-18(22(5,6)15-23)9-10-19(16)20-11-8-17(14-24(20)7)13-21(2,3)4/h8-12,14H,13H2,1-7H3/q+1. The highest BCUT2D eigenvalue weighted by molar-refractivity contribution is 5.62. The van der Waals surface area contributed by atoms with Gasteiger partial charge in [-0.15, -0.1) is 0 Å². The molecular formula is C22H29N2+. The summed E-state index contributed by atoms with van der Waals surface area (Å²) in [6, 6.07) is 13.2. The van der Waals surface area contributed by atoms with Crippen molar-refractivity contribution < 1.29 is 4.57 Å². The third-order valence-corrected chi connectivity index (χ3v) is 4.43. The monoisotopic (exact) mass is 321 g/mol. The minimum absolute atomic E-state index is 0.287. The lowest BCUT2D eigenvalue weighted by atomic mass is 9.84. The van der Waals surface area contributed by atoms with E-state index in [1.54, 1.807) is 0 Å². The maximum absolute atomic E-state index is 9.34. The first-order chi connectivity index (χ1) is 11.0. The Morgan fingerprint density at radius 3 is 2.21 bits per heavy atom. The molecule has 1 heterocycles. The first kappa shape index (κ1) is 18.2. The van der Waals surface area contributed by atoms with Crippen molar-refractivity contribution in [3.63, 3.8) is 0 Å². The summed E-state index contributed by atoms with van der Waals surface area (Å²) < 4.78 is 2.21. The molecule has 0 unspecified atom stereocenters. The lowest BCUT2D eigenvalue weighted by molar-refractivity contribution is -0.660. The van der Waals surface area contributed by atoms with Gasteiger partial charge in [-0.1, -0.05) is 32.9 Å². The number of benzene rings is 1. The molecule has 0 spiro atoms. The van der Waals surface area contributed by atoms with E-state index in [0.717, 1.165) is 12.0 Å². The molecule has 0 fully saturated rings. The van der Waals surface area contributed by atoms with Crippen molar-refractivity contribution in [2.24, 2.45) is 12.5 Å². The number of pyridine rings is 1. The highest BCUT2D eigenvalue weighted by atomic mass is 14.9. The lowest BCUT2D eigenvalue weighted by Crippen LogP contribution is -2.32. The van der Waals surface area contributed by atoms with Crippen LogP contribution in [0.25, 0.3) is 11.3 Å². The summed E-state index contributed by atoms with van der Waals surface area (Å²) in [5.41, 5.74) is 5.88. The van der Waals surface area contributed by atoms with E-state index in [2.05, 4.69) is 81.9 Å². The molecule has 2 nitrogen and oxygen atoms in total. The maximum Gasteiger partial charge on any atom is 0.212 e. The Kier molecular flexibility index (Phi) is 4.85. The minimum atomic E-state index is -0.456. The fourth-order valence-electron chi connectivity index (χ4n) is 3.07. The van der Waals surface area contributed by atoms with Crippen LogP contribution >= 0.6 is 0 Å². The molecule has 0 atom stereocenters. The summed E-state index contributed by atoms with van der Waals surface area (Å²) in [5, 5.41) is 9.34. The second-order valence-corrected chi connectivity index (χ2v) is 8.54. The predicted molar refractivity (Wildman–Crippen MR) is 99.6 cm³/mol. The molecule has 1 aromatic carbocycles. The van der Waals surface area contributed by atoms with Gasteiger partial charge in [0.05, 0.1) is 11.5 Å². The summed E-state index contributed by atoms with van der Waals surface area (Å²) in [4.78, 5) is 0. The van der Waals surface area contributed by atoms with E-state index in [9.17, 15) is 5.26 Å². The fraction of sp³-hybridized carbons (Fsp3) is 0.455. The third-order valence-electron chi connectivity index (χ3n) is 4.43. The van der Waals surface area contributed by atoms with Crippen molar-refractivity contribution in [3.8, 4) is 17.3 Å². The van der Waals surface area contributed by atoms with E-state index in [-0.39, 0.29) is 5.41 Å². The fourth-order valence-corrected chi connectivity index (χ4v) is 3.07. The van der Waals surface area contributed by atoms with E-state index in [1.165, 1.54) is 22.4 Å². The van der Waals surface area contributed by atoms with Crippen molar-refractivity contribution in [1.82, 2.24) is 0 Å². The van der Waals surface area contributed by atoms with E-state index < -0.39 is 5.41 Å². The first-order valence-corrected chi connectivity index (χ1v) is 8.55. The zero-order valence-corrected chi connectivity index (χ0v) is 16.1. The van der Waals surface area contributed by atoms with Gasteiger partial charge in [-0.25, -0.2) is 4.57 Å². The Balaban J connectivity index is 2.41. The number of rotatable bonds is 3. The number of hydrogen-bond donors (Lipinski definition) is 0. The summed E-state index contributed by atoms with van der Waals surface area (Å²) in [6.45, 7) is 12.8. The molecule has 0 aliphatic carbocycles. The molecule has 2 rings (SSSR count). The largest absolute Gasteiger partial charge is 0.212 e. The number of nitrogens with zero attached hydrogens (tertiary/aromatic N) is 2. The van der Waals surface area contributed by atoms with E-state index >= 15 is 0 Å². The molecule has 0 aliphatic rings. The number of nitriles is 1. The average Bonchev–Trinajstić information content (AvgIpc) is 2.46. The van der Waals surface area contributed by atoms with Crippen LogP contribution in [0.4, 0.5) is 0 Å². The van der Waals surface area contributed by atoms with Gasteiger partial charge in [0.25, 0.3) is 0 Å². The maximum atomic E-state index is 9.34. The van der Waals surface area contributed by atoms with Crippen LogP contribution in [0.2, 0.25) is 0 Å². The summed E-state index contributed by atoms with van der Waals surface area (Å²) in [6.07, 6.45) is 3.29. The Labute approximate surface area is 146 Å². The van der Waals surface area contributed by atoms with Crippen LogP contribution in [0, 0.1) is 23.7 Å². The zero-order chi connectivity index (χ0) is 18.1. The Morgan fingerprint density at radius 2 is 1.71 bits per heavy atom. The normalized spacial score (nSPS) is 12.1. The molecule has 0 bridgehead atoms. The van der Waals surface area contributed by atoms with Crippen molar-refractivity contribution in [1.29, 1.82) is 5.26 Å². The smallest absolute Gasteiger partial charge is 0.201 e. The van der Waals surface area contributed by atoms with Gasteiger partial charge in [-0.2, -0.15) is 5.26 Å². The van der Waals surface area contributed by atoms with Gasteiger partial charge >= 0.3 is 0 Å². The van der Waals surface area contributed by atoms with Gasteiger partial charge in [0.15, 0.2) is 6.20 Å². The predicted octanol–water partition coefficient (Wildman–Crippen LogP) is 4.88. The van der Waals surface area contributed by atoms with Gasteiger partial charge in [0.1, 0.15) is 7.05 Å². The SMILES string of the molecule is Cc1cc(C(C)(C)C#N)ccc1-c1ccc(CC(C)(C)C)c[n+]1C. The van der Waals surface area contributed by atoms with E-state index in [0.29, 0.717) is 0 Å². The summed E-state index contributed by atoms with van der Waals surface area (Å²) >= 11 is 0. The van der Waals surface area contributed by atoms with Crippen LogP contribution in [-0.4, -0.2) is 0 Å².